The molecule has 0 aliphatic carbocycles. The van der Waals surface area contributed by atoms with E-state index in [-0.39, 0.29) is 34.6 Å². The van der Waals surface area contributed by atoms with Crippen molar-refractivity contribution in [3.63, 3.8) is 0 Å². The summed E-state index contributed by atoms with van der Waals surface area (Å²) in [5.74, 6) is 1.33. The number of urea groups is 1. The van der Waals surface area contributed by atoms with E-state index in [1.807, 2.05) is 13.1 Å². The number of anilines is 2. The van der Waals surface area contributed by atoms with Crippen LogP contribution in [0.1, 0.15) is 49.1 Å². The number of fused-ring (bicyclic) bond motifs is 1. The van der Waals surface area contributed by atoms with E-state index in [2.05, 4.69) is 48.8 Å². The summed E-state index contributed by atoms with van der Waals surface area (Å²) in [7, 11) is -1.94. The van der Waals surface area contributed by atoms with E-state index < -0.39 is 16.1 Å². The van der Waals surface area contributed by atoms with Crippen LogP contribution >= 0.6 is 11.6 Å². The van der Waals surface area contributed by atoms with Gasteiger partial charge in [0.25, 0.3) is 0 Å². The third-order valence-electron chi connectivity index (χ3n) is 10.0. The van der Waals surface area contributed by atoms with Gasteiger partial charge in [0.05, 0.1) is 33.4 Å². The molecule has 2 N–H and O–H groups in total. The van der Waals surface area contributed by atoms with Gasteiger partial charge in [0.15, 0.2) is 5.82 Å². The van der Waals surface area contributed by atoms with Crippen molar-refractivity contribution < 1.29 is 22.7 Å². The van der Waals surface area contributed by atoms with Crippen molar-refractivity contribution in [2.45, 2.75) is 49.0 Å². The fourth-order valence-corrected chi connectivity index (χ4v) is 8.67. The topological polar surface area (TPSA) is 179 Å². The van der Waals surface area contributed by atoms with Gasteiger partial charge in [0, 0.05) is 57.1 Å². The molecule has 0 unspecified atom stereocenters. The summed E-state index contributed by atoms with van der Waals surface area (Å²) < 4.78 is 36.5. The summed E-state index contributed by atoms with van der Waals surface area (Å²) in [4.78, 5) is 36.3. The summed E-state index contributed by atoms with van der Waals surface area (Å²) in [6.45, 7) is 3.62. The molecule has 52 heavy (non-hydrogen) atoms. The number of aryl methyl sites for hydroxylation is 1. The SMILES string of the molecule is Cn1nc(N2CCC(=O)NC2=O)c2ccc(C3CCN(CCOc4cc(S(=O)(=O)N5CCC(Nc6ncc(Cl)cn6)CC5)ccc4C#N)CC3)cc21. The van der Waals surface area contributed by atoms with Crippen LogP contribution in [-0.4, -0.2) is 101 Å². The van der Waals surface area contributed by atoms with Crippen LogP contribution in [0.5, 0.6) is 5.75 Å². The number of halogens is 1. The average Bonchev–Trinajstić information content (AvgIpc) is 3.48. The van der Waals surface area contributed by atoms with Crippen LogP contribution in [0.2, 0.25) is 5.02 Å². The highest BCUT2D eigenvalue weighted by molar-refractivity contribution is 7.89. The number of sulfonamides is 1. The Hall–Kier alpha value is -4.82. The van der Waals surface area contributed by atoms with E-state index >= 15 is 0 Å². The summed E-state index contributed by atoms with van der Waals surface area (Å²) in [6, 6.07) is 12.4. The molecule has 3 fully saturated rings. The third kappa shape index (κ3) is 7.54. The van der Waals surface area contributed by atoms with Gasteiger partial charge in [-0.3, -0.25) is 24.6 Å². The zero-order valence-electron chi connectivity index (χ0n) is 28.7. The van der Waals surface area contributed by atoms with Crippen molar-refractivity contribution in [2.75, 3.05) is 56.1 Å². The van der Waals surface area contributed by atoms with Gasteiger partial charge in [-0.25, -0.2) is 23.2 Å². The van der Waals surface area contributed by atoms with Crippen molar-refractivity contribution in [2.24, 2.45) is 7.05 Å². The molecule has 3 aliphatic rings. The zero-order valence-corrected chi connectivity index (χ0v) is 30.2. The molecular formula is C35H39ClN10O5S. The minimum atomic E-state index is -3.80. The van der Waals surface area contributed by atoms with Gasteiger partial charge in [-0.05, 0) is 74.5 Å². The number of benzene rings is 2. The highest BCUT2D eigenvalue weighted by Crippen LogP contribution is 2.34. The monoisotopic (exact) mass is 746 g/mol. The number of likely N-dealkylation sites (tertiary alicyclic amines) is 1. The van der Waals surface area contributed by atoms with Crippen molar-refractivity contribution in [1.29, 1.82) is 5.26 Å². The number of amides is 3. The Morgan fingerprint density at radius 2 is 1.77 bits per heavy atom. The lowest BCUT2D eigenvalue weighted by Gasteiger charge is -2.32. The first-order chi connectivity index (χ1) is 25.1. The quantitative estimate of drug-likeness (QED) is 0.241. The minimum absolute atomic E-state index is 0.0284. The zero-order chi connectivity index (χ0) is 36.4. The van der Waals surface area contributed by atoms with E-state index in [1.165, 1.54) is 45.4 Å². The Labute approximate surface area is 306 Å². The lowest BCUT2D eigenvalue weighted by Crippen LogP contribution is -2.49. The molecule has 0 radical (unpaired) electrons. The summed E-state index contributed by atoms with van der Waals surface area (Å²) in [5.41, 5.74) is 2.42. The van der Waals surface area contributed by atoms with Crippen LogP contribution in [0.25, 0.3) is 10.9 Å². The number of hydrogen-bond acceptors (Lipinski definition) is 11. The Balaban J connectivity index is 0.918. The van der Waals surface area contributed by atoms with Crippen LogP contribution in [-0.2, 0) is 21.9 Å². The molecule has 2 aromatic heterocycles. The lowest BCUT2D eigenvalue weighted by molar-refractivity contribution is -0.120. The number of nitrogens with zero attached hydrogens (tertiary/aromatic N) is 8. The van der Waals surface area contributed by atoms with Gasteiger partial charge in [-0.15, -0.1) is 0 Å². The fourth-order valence-electron chi connectivity index (χ4n) is 7.08. The number of rotatable bonds is 10. The molecule has 17 heteroatoms. The molecule has 0 atom stereocenters. The van der Waals surface area contributed by atoms with E-state index in [1.54, 1.807) is 4.68 Å². The normalized spacial score (nSPS) is 18.4. The molecule has 5 heterocycles. The maximum atomic E-state index is 13.6. The third-order valence-corrected chi connectivity index (χ3v) is 12.1. The molecule has 0 spiro atoms. The highest BCUT2D eigenvalue weighted by atomic mass is 35.5. The van der Waals surface area contributed by atoms with Crippen LogP contribution < -0.4 is 20.3 Å². The summed E-state index contributed by atoms with van der Waals surface area (Å²) >= 11 is 5.87. The first-order valence-electron chi connectivity index (χ1n) is 17.3. The van der Waals surface area contributed by atoms with Crippen molar-refractivity contribution in [1.82, 2.24) is 34.3 Å². The molecule has 4 aromatic rings. The van der Waals surface area contributed by atoms with Crippen molar-refractivity contribution in [3.05, 3.63) is 64.9 Å². The van der Waals surface area contributed by atoms with Crippen LogP contribution in [0, 0.1) is 11.3 Å². The second-order valence-corrected chi connectivity index (χ2v) is 15.6. The average molecular weight is 747 g/mol. The van der Waals surface area contributed by atoms with Crippen molar-refractivity contribution >= 4 is 56.2 Å². The van der Waals surface area contributed by atoms with E-state index in [9.17, 15) is 23.3 Å². The van der Waals surface area contributed by atoms with Gasteiger partial charge >= 0.3 is 6.03 Å². The first-order valence-corrected chi connectivity index (χ1v) is 19.1. The van der Waals surface area contributed by atoms with Crippen LogP contribution in [0.15, 0.2) is 53.7 Å². The Morgan fingerprint density at radius 3 is 2.48 bits per heavy atom. The lowest BCUT2D eigenvalue weighted by atomic mass is 9.89. The molecule has 2 aromatic carbocycles. The van der Waals surface area contributed by atoms with Gasteiger partial charge in [0.2, 0.25) is 21.9 Å². The second-order valence-electron chi connectivity index (χ2n) is 13.3. The second kappa shape index (κ2) is 15.0. The molecule has 3 amide bonds. The van der Waals surface area contributed by atoms with Gasteiger partial charge < -0.3 is 10.1 Å². The minimum Gasteiger partial charge on any atom is -0.491 e. The number of piperidine rings is 2. The van der Waals surface area contributed by atoms with Crippen LogP contribution in [0.3, 0.4) is 0 Å². The molecule has 0 saturated carbocycles. The number of imide groups is 1. The molecular weight excluding hydrogens is 708 g/mol. The number of hydrogen-bond donors (Lipinski definition) is 2. The first kappa shape index (κ1) is 35.6. The van der Waals surface area contributed by atoms with Crippen LogP contribution in [0.4, 0.5) is 16.6 Å². The molecule has 15 nitrogen and oxygen atoms in total. The van der Waals surface area contributed by atoms with E-state index in [0.29, 0.717) is 68.3 Å². The van der Waals surface area contributed by atoms with Gasteiger partial charge in [0.1, 0.15) is 18.4 Å². The Kier molecular flexibility index (Phi) is 10.3. The largest absolute Gasteiger partial charge is 0.491 e. The highest BCUT2D eigenvalue weighted by Gasteiger charge is 2.31. The predicted octanol–water partition coefficient (Wildman–Crippen LogP) is 3.86. The maximum absolute atomic E-state index is 13.6. The number of nitriles is 1. The standard InChI is InChI=1S/C35H39ClN10O5S/c1-43-30-18-24(3-5-29(30)33(42-43)46-15-10-32(47)41-35(46)48)23-6-11-44(12-7-23)16-17-51-31-19-28(4-2-25(31)20-37)52(49,50)45-13-8-27(9-14-45)40-34-38-21-26(36)22-39-34/h2-5,18-19,21-23,27H,6-17H2,1H3,(H,38,39,40)(H,41,47,48). The van der Waals surface area contributed by atoms with E-state index in [0.717, 1.165) is 36.8 Å². The Bertz CT molecular complexity index is 2120. The number of aromatic nitrogens is 4. The van der Waals surface area contributed by atoms with Gasteiger partial charge in [-0.2, -0.15) is 14.7 Å². The maximum Gasteiger partial charge on any atom is 0.329 e. The number of carbonyl (C=O) groups excluding carboxylic acids is 2. The van der Waals surface area contributed by atoms with E-state index in [4.69, 9.17) is 16.3 Å². The summed E-state index contributed by atoms with van der Waals surface area (Å²) in [5, 5.41) is 21.2. The molecule has 0 bridgehead atoms. The molecule has 272 valence electrons. The summed E-state index contributed by atoms with van der Waals surface area (Å²) in [6.07, 6.45) is 6.33. The number of ether oxygens (including phenoxy) is 1. The number of nitrogens with one attached hydrogen (secondary N) is 2. The fraction of sp³-hybridized carbons (Fsp3) is 0.429. The number of carbonyl (C=O) groups is 2. The molecule has 3 saturated heterocycles. The van der Waals surface area contributed by atoms with Crippen molar-refractivity contribution in [3.8, 4) is 11.8 Å². The molecule has 7 rings (SSSR count). The predicted molar refractivity (Wildman–Crippen MR) is 194 cm³/mol. The van der Waals surface area contributed by atoms with Gasteiger partial charge in [-0.1, -0.05) is 17.7 Å². The Morgan fingerprint density at radius 1 is 1.02 bits per heavy atom. The molecule has 3 aliphatic heterocycles. The smallest absolute Gasteiger partial charge is 0.329 e.